The normalized spacial score (nSPS) is 18.6. The molecule has 1 unspecified atom stereocenters. The Hall–Kier alpha value is -0.980. The van der Waals surface area contributed by atoms with E-state index in [1.54, 1.807) is 0 Å². The van der Waals surface area contributed by atoms with Crippen molar-refractivity contribution in [1.82, 2.24) is 4.57 Å². The van der Waals surface area contributed by atoms with E-state index in [1.165, 1.54) is 64.2 Å². The van der Waals surface area contributed by atoms with Crippen LogP contribution in [-0.2, 0) is 0 Å². The summed E-state index contributed by atoms with van der Waals surface area (Å²) in [6.45, 7) is 2.28. The van der Waals surface area contributed by atoms with Gasteiger partial charge in [-0.25, -0.2) is 0 Å². The molecule has 0 bridgehead atoms. The van der Waals surface area contributed by atoms with Crippen molar-refractivity contribution in [3.8, 4) is 0 Å². The van der Waals surface area contributed by atoms with Gasteiger partial charge in [0.1, 0.15) is 0 Å². The van der Waals surface area contributed by atoms with E-state index in [-0.39, 0.29) is 0 Å². The lowest BCUT2D eigenvalue weighted by Crippen LogP contribution is -2.19. The monoisotopic (exact) mass is 273 g/mol. The van der Waals surface area contributed by atoms with E-state index < -0.39 is 0 Å². The first-order valence-electron chi connectivity index (χ1n) is 8.71. The van der Waals surface area contributed by atoms with Crippen molar-refractivity contribution in [1.29, 1.82) is 0 Å². The van der Waals surface area contributed by atoms with E-state index >= 15 is 0 Å². The minimum Gasteiger partial charge on any atom is -0.347 e. The van der Waals surface area contributed by atoms with Crippen LogP contribution in [0.2, 0.25) is 0 Å². The Morgan fingerprint density at radius 2 is 1.80 bits per heavy atom. The zero-order valence-corrected chi connectivity index (χ0v) is 13.1. The molecule has 1 aromatic heterocycles. The first kappa shape index (κ1) is 15.4. The molecule has 1 nitrogen and oxygen atoms in total. The van der Waals surface area contributed by atoms with E-state index in [4.69, 9.17) is 0 Å². The highest BCUT2D eigenvalue weighted by molar-refractivity contribution is 5.02. The van der Waals surface area contributed by atoms with Gasteiger partial charge in [-0.15, -0.1) is 0 Å². The van der Waals surface area contributed by atoms with Crippen LogP contribution in [0.5, 0.6) is 0 Å². The van der Waals surface area contributed by atoms with Crippen LogP contribution >= 0.6 is 0 Å². The average molecular weight is 273 g/mol. The molecule has 0 amide bonds. The largest absolute Gasteiger partial charge is 0.347 e. The van der Waals surface area contributed by atoms with Crippen LogP contribution in [0, 0.1) is 5.92 Å². The molecule has 1 atom stereocenters. The number of hydrogen-bond donors (Lipinski definition) is 0. The lowest BCUT2D eigenvalue weighted by Gasteiger charge is -2.29. The Labute approximate surface area is 125 Å². The van der Waals surface area contributed by atoms with Gasteiger partial charge in [-0.3, -0.25) is 0 Å². The van der Waals surface area contributed by atoms with Crippen molar-refractivity contribution in [2.45, 2.75) is 77.2 Å². The molecule has 0 aliphatic heterocycles. The third-order valence-electron chi connectivity index (χ3n) is 4.66. The zero-order valence-electron chi connectivity index (χ0n) is 13.1. The molecule has 0 aromatic carbocycles. The Balaban J connectivity index is 1.87. The molecular formula is C19H31N. The van der Waals surface area contributed by atoms with Gasteiger partial charge in [0.05, 0.1) is 6.04 Å². The second-order valence-corrected chi connectivity index (χ2v) is 6.30. The van der Waals surface area contributed by atoms with Crippen LogP contribution in [0.1, 0.15) is 77.2 Å². The zero-order chi connectivity index (χ0) is 14.0. The summed E-state index contributed by atoms with van der Waals surface area (Å²) in [6, 6.07) is 4.91. The van der Waals surface area contributed by atoms with E-state index in [0.717, 1.165) is 5.92 Å². The molecule has 1 aliphatic carbocycles. The molecule has 20 heavy (non-hydrogen) atoms. The SMILES string of the molecule is CCCCCC/C=C/C(C1CCCCC1)n1cccc1. The van der Waals surface area contributed by atoms with E-state index in [9.17, 15) is 0 Å². The molecule has 0 radical (unpaired) electrons. The highest BCUT2D eigenvalue weighted by Crippen LogP contribution is 2.34. The number of hydrogen-bond acceptors (Lipinski definition) is 0. The standard InChI is InChI=1S/C19H31N/c1-2-3-4-5-6-10-15-19(20-16-11-12-17-20)18-13-8-7-9-14-18/h10-12,15-19H,2-9,13-14H2,1H3/b15-10+. The number of rotatable bonds is 8. The molecule has 0 spiro atoms. The smallest absolute Gasteiger partial charge is 0.0538 e. The molecule has 1 heterocycles. The Morgan fingerprint density at radius 1 is 1.05 bits per heavy atom. The van der Waals surface area contributed by atoms with Crippen LogP contribution in [0.15, 0.2) is 36.7 Å². The van der Waals surface area contributed by atoms with Gasteiger partial charge in [-0.2, -0.15) is 0 Å². The lowest BCUT2D eigenvalue weighted by atomic mass is 9.83. The van der Waals surface area contributed by atoms with Gasteiger partial charge in [0.25, 0.3) is 0 Å². The highest BCUT2D eigenvalue weighted by atomic mass is 15.0. The lowest BCUT2D eigenvalue weighted by molar-refractivity contribution is 0.285. The molecule has 1 fully saturated rings. The van der Waals surface area contributed by atoms with Crippen molar-refractivity contribution in [2.75, 3.05) is 0 Å². The van der Waals surface area contributed by atoms with Crippen molar-refractivity contribution >= 4 is 0 Å². The number of nitrogens with zero attached hydrogens (tertiary/aromatic N) is 1. The molecule has 2 rings (SSSR count). The molecule has 0 N–H and O–H groups in total. The molecule has 0 saturated heterocycles. The van der Waals surface area contributed by atoms with Gasteiger partial charge in [-0.05, 0) is 43.7 Å². The fourth-order valence-corrected chi connectivity index (χ4v) is 3.45. The summed E-state index contributed by atoms with van der Waals surface area (Å²) in [7, 11) is 0. The average Bonchev–Trinajstić information content (AvgIpc) is 3.01. The quantitative estimate of drug-likeness (QED) is 0.396. The first-order chi connectivity index (χ1) is 9.92. The maximum Gasteiger partial charge on any atom is 0.0538 e. The second-order valence-electron chi connectivity index (χ2n) is 6.30. The number of allylic oxidation sites excluding steroid dienone is 2. The Bertz CT molecular complexity index is 357. The molecule has 1 saturated carbocycles. The minimum absolute atomic E-state index is 0.594. The Kier molecular flexibility index (Phi) is 6.97. The predicted octanol–water partition coefficient (Wildman–Crippen LogP) is 6.14. The van der Waals surface area contributed by atoms with Crippen molar-refractivity contribution in [2.24, 2.45) is 5.92 Å². The van der Waals surface area contributed by atoms with Crippen LogP contribution in [0.3, 0.4) is 0 Å². The van der Waals surface area contributed by atoms with Gasteiger partial charge in [0.15, 0.2) is 0 Å². The van der Waals surface area contributed by atoms with Crippen molar-refractivity contribution in [3.63, 3.8) is 0 Å². The summed E-state index contributed by atoms with van der Waals surface area (Å²) in [5.41, 5.74) is 0. The highest BCUT2D eigenvalue weighted by Gasteiger charge is 2.22. The van der Waals surface area contributed by atoms with Gasteiger partial charge in [0.2, 0.25) is 0 Å². The Morgan fingerprint density at radius 3 is 2.50 bits per heavy atom. The van der Waals surface area contributed by atoms with Crippen molar-refractivity contribution < 1.29 is 0 Å². The summed E-state index contributed by atoms with van der Waals surface area (Å²) in [6.07, 6.45) is 23.2. The van der Waals surface area contributed by atoms with Crippen LogP contribution in [0.25, 0.3) is 0 Å². The fraction of sp³-hybridized carbons (Fsp3) is 0.684. The fourth-order valence-electron chi connectivity index (χ4n) is 3.45. The summed E-state index contributed by atoms with van der Waals surface area (Å²) in [5, 5.41) is 0. The van der Waals surface area contributed by atoms with Gasteiger partial charge < -0.3 is 4.57 Å². The topological polar surface area (TPSA) is 4.93 Å². The number of unbranched alkanes of at least 4 members (excludes halogenated alkanes) is 4. The van der Waals surface area contributed by atoms with Gasteiger partial charge in [0, 0.05) is 12.4 Å². The van der Waals surface area contributed by atoms with Crippen LogP contribution in [-0.4, -0.2) is 4.57 Å². The van der Waals surface area contributed by atoms with Crippen LogP contribution in [0.4, 0.5) is 0 Å². The first-order valence-corrected chi connectivity index (χ1v) is 8.71. The number of aromatic nitrogens is 1. The molecule has 112 valence electrons. The molecule has 1 aromatic rings. The maximum atomic E-state index is 2.49. The predicted molar refractivity (Wildman–Crippen MR) is 87.9 cm³/mol. The van der Waals surface area contributed by atoms with Gasteiger partial charge >= 0.3 is 0 Å². The summed E-state index contributed by atoms with van der Waals surface area (Å²) in [4.78, 5) is 0. The third-order valence-corrected chi connectivity index (χ3v) is 4.66. The molecule has 1 aliphatic rings. The minimum atomic E-state index is 0.594. The summed E-state index contributed by atoms with van der Waals surface area (Å²) in [5.74, 6) is 0.850. The summed E-state index contributed by atoms with van der Waals surface area (Å²) < 4.78 is 2.42. The summed E-state index contributed by atoms with van der Waals surface area (Å²) >= 11 is 0. The van der Waals surface area contributed by atoms with E-state index in [0.29, 0.717) is 6.04 Å². The maximum absolute atomic E-state index is 2.49. The van der Waals surface area contributed by atoms with E-state index in [1.807, 2.05) is 0 Å². The molecule has 1 heteroatoms. The molecular weight excluding hydrogens is 242 g/mol. The van der Waals surface area contributed by atoms with Crippen LogP contribution < -0.4 is 0 Å². The van der Waals surface area contributed by atoms with Gasteiger partial charge in [-0.1, -0.05) is 57.6 Å². The van der Waals surface area contributed by atoms with Crippen molar-refractivity contribution in [3.05, 3.63) is 36.7 Å². The van der Waals surface area contributed by atoms with E-state index in [2.05, 4.69) is 48.2 Å². The third kappa shape index (κ3) is 4.85. The second kappa shape index (κ2) is 9.05.